The number of hydrogen-bond donors (Lipinski definition) is 0. The molecule has 0 saturated carbocycles. The van der Waals surface area contributed by atoms with Crippen molar-refractivity contribution in [3.05, 3.63) is 70.0 Å². The lowest BCUT2D eigenvalue weighted by molar-refractivity contribution is 0.229. The molecule has 0 saturated heterocycles. The van der Waals surface area contributed by atoms with Gasteiger partial charge in [-0.3, -0.25) is 9.36 Å². The second-order valence-electron chi connectivity index (χ2n) is 6.67. The van der Waals surface area contributed by atoms with E-state index in [2.05, 4.69) is 21.8 Å². The van der Waals surface area contributed by atoms with E-state index in [0.717, 1.165) is 5.56 Å². The standard InChI is InChI=1S/C21H18FN3O/c1-14-12-20-24-19-13-15(5-7-16-4-2-3-10-23-16)6-8-17(19)21(26)25(20)11-9-18(14)22/h2-4,6,8,10,13-14,18H,9,11-12H2,1H3/t14?,18-/m1/s1. The maximum atomic E-state index is 14.0. The van der Waals surface area contributed by atoms with Crippen molar-refractivity contribution in [3.8, 4) is 11.8 Å². The van der Waals surface area contributed by atoms with Crippen molar-refractivity contribution < 1.29 is 4.39 Å². The molecule has 1 aliphatic rings. The lowest BCUT2D eigenvalue weighted by Gasteiger charge is -2.11. The Morgan fingerprint density at radius 1 is 1.23 bits per heavy atom. The molecule has 3 heterocycles. The minimum absolute atomic E-state index is 0.101. The lowest BCUT2D eigenvalue weighted by atomic mass is 10.0. The van der Waals surface area contributed by atoms with Crippen LogP contribution in [-0.4, -0.2) is 20.7 Å². The summed E-state index contributed by atoms with van der Waals surface area (Å²) in [5.74, 6) is 6.58. The summed E-state index contributed by atoms with van der Waals surface area (Å²) in [4.78, 5) is 21.6. The van der Waals surface area contributed by atoms with Crippen molar-refractivity contribution in [1.82, 2.24) is 14.5 Å². The zero-order chi connectivity index (χ0) is 18.1. The Kier molecular flexibility index (Phi) is 4.26. The van der Waals surface area contributed by atoms with Crippen molar-refractivity contribution in [3.63, 3.8) is 0 Å². The van der Waals surface area contributed by atoms with E-state index in [1.807, 2.05) is 37.3 Å². The SMILES string of the molecule is CC1Cc2nc3cc(C#Cc4ccccn4)ccc3c(=O)n2CC[C@H]1F. The Morgan fingerprint density at radius 2 is 2.12 bits per heavy atom. The molecule has 0 aliphatic carbocycles. The largest absolute Gasteiger partial charge is 0.296 e. The maximum absolute atomic E-state index is 14.0. The average Bonchev–Trinajstić information content (AvgIpc) is 2.80. The monoisotopic (exact) mass is 347 g/mol. The first-order valence-electron chi connectivity index (χ1n) is 8.72. The van der Waals surface area contributed by atoms with E-state index in [-0.39, 0.29) is 11.5 Å². The number of halogens is 1. The molecule has 4 rings (SSSR count). The molecule has 0 amide bonds. The van der Waals surface area contributed by atoms with Gasteiger partial charge in [0.25, 0.3) is 5.56 Å². The van der Waals surface area contributed by atoms with Crippen LogP contribution in [0, 0.1) is 17.8 Å². The fraction of sp³-hybridized carbons (Fsp3) is 0.286. The summed E-state index contributed by atoms with van der Waals surface area (Å²) in [6.07, 6.45) is 1.62. The Morgan fingerprint density at radius 3 is 2.92 bits per heavy atom. The summed E-state index contributed by atoms with van der Waals surface area (Å²) in [6, 6.07) is 10.9. The molecule has 2 atom stereocenters. The van der Waals surface area contributed by atoms with Crippen LogP contribution in [0.1, 0.15) is 30.4 Å². The molecule has 0 radical (unpaired) electrons. The molecule has 0 N–H and O–H groups in total. The van der Waals surface area contributed by atoms with Gasteiger partial charge in [-0.15, -0.1) is 0 Å². The van der Waals surface area contributed by atoms with Crippen LogP contribution in [0.25, 0.3) is 10.9 Å². The fourth-order valence-electron chi connectivity index (χ4n) is 3.26. The molecule has 3 aromatic rings. The van der Waals surface area contributed by atoms with Crippen LogP contribution < -0.4 is 5.56 Å². The van der Waals surface area contributed by atoms with Crippen molar-refractivity contribution in [1.29, 1.82) is 0 Å². The normalized spacial score (nSPS) is 19.3. The average molecular weight is 347 g/mol. The molecule has 1 unspecified atom stereocenters. The Balaban J connectivity index is 1.78. The topological polar surface area (TPSA) is 47.8 Å². The highest BCUT2D eigenvalue weighted by atomic mass is 19.1. The van der Waals surface area contributed by atoms with Gasteiger partial charge in [0.05, 0.1) is 10.9 Å². The van der Waals surface area contributed by atoms with Crippen molar-refractivity contribution in [2.75, 3.05) is 0 Å². The highest BCUT2D eigenvalue weighted by Crippen LogP contribution is 2.22. The number of pyridine rings is 1. The molecule has 0 fully saturated rings. The van der Waals surface area contributed by atoms with Crippen molar-refractivity contribution in [2.24, 2.45) is 5.92 Å². The van der Waals surface area contributed by atoms with Crippen LogP contribution in [0.2, 0.25) is 0 Å². The predicted molar refractivity (Wildman–Crippen MR) is 98.6 cm³/mol. The summed E-state index contributed by atoms with van der Waals surface area (Å²) >= 11 is 0. The molecule has 26 heavy (non-hydrogen) atoms. The first-order chi connectivity index (χ1) is 12.6. The van der Waals surface area contributed by atoms with Crippen LogP contribution in [0.5, 0.6) is 0 Å². The molecule has 1 aromatic carbocycles. The summed E-state index contributed by atoms with van der Waals surface area (Å²) in [5, 5.41) is 0.544. The fourth-order valence-corrected chi connectivity index (χ4v) is 3.26. The Bertz CT molecular complexity index is 1080. The van der Waals surface area contributed by atoms with Gasteiger partial charge in [0.1, 0.15) is 17.7 Å². The summed E-state index contributed by atoms with van der Waals surface area (Å²) < 4.78 is 15.7. The zero-order valence-corrected chi connectivity index (χ0v) is 14.4. The number of alkyl halides is 1. The smallest absolute Gasteiger partial charge is 0.261 e. The van der Waals surface area contributed by atoms with Crippen molar-refractivity contribution in [2.45, 2.75) is 32.5 Å². The van der Waals surface area contributed by atoms with E-state index in [1.54, 1.807) is 16.8 Å². The highest BCUT2D eigenvalue weighted by Gasteiger charge is 2.24. The summed E-state index contributed by atoms with van der Waals surface area (Å²) in [5.41, 5.74) is 1.96. The number of nitrogens with zero attached hydrogens (tertiary/aromatic N) is 3. The molecule has 5 heteroatoms. The van der Waals surface area contributed by atoms with Gasteiger partial charge < -0.3 is 0 Å². The second-order valence-corrected chi connectivity index (χ2v) is 6.67. The molecular weight excluding hydrogens is 329 g/mol. The van der Waals surface area contributed by atoms with E-state index >= 15 is 0 Å². The minimum atomic E-state index is -0.904. The number of fused-ring (bicyclic) bond motifs is 2. The Hall–Kier alpha value is -3.00. The highest BCUT2D eigenvalue weighted by molar-refractivity contribution is 5.79. The minimum Gasteiger partial charge on any atom is -0.296 e. The van der Waals surface area contributed by atoms with Gasteiger partial charge in [0.2, 0.25) is 0 Å². The molecule has 0 bridgehead atoms. The molecule has 130 valence electrons. The third-order valence-electron chi connectivity index (χ3n) is 4.78. The van der Waals surface area contributed by atoms with Gasteiger partial charge in [0, 0.05) is 24.7 Å². The van der Waals surface area contributed by atoms with E-state index in [0.29, 0.717) is 41.8 Å². The summed E-state index contributed by atoms with van der Waals surface area (Å²) in [6.45, 7) is 2.25. The third-order valence-corrected chi connectivity index (χ3v) is 4.78. The van der Waals surface area contributed by atoms with Gasteiger partial charge in [-0.05, 0) is 48.6 Å². The number of benzene rings is 1. The Labute approximate surface area is 150 Å². The van der Waals surface area contributed by atoms with Crippen LogP contribution >= 0.6 is 0 Å². The second kappa shape index (κ2) is 6.72. The van der Waals surface area contributed by atoms with Gasteiger partial charge in [0.15, 0.2) is 0 Å². The van der Waals surface area contributed by atoms with Crippen LogP contribution in [0.3, 0.4) is 0 Å². The van der Waals surface area contributed by atoms with Gasteiger partial charge in [-0.25, -0.2) is 14.4 Å². The van der Waals surface area contributed by atoms with Crippen LogP contribution in [-0.2, 0) is 13.0 Å². The van der Waals surface area contributed by atoms with Gasteiger partial charge in [-0.2, -0.15) is 0 Å². The van der Waals surface area contributed by atoms with Crippen molar-refractivity contribution >= 4 is 10.9 Å². The van der Waals surface area contributed by atoms with Gasteiger partial charge >= 0.3 is 0 Å². The molecule has 0 spiro atoms. The quantitative estimate of drug-likeness (QED) is 0.587. The molecular formula is C21H18FN3O. The van der Waals surface area contributed by atoms with E-state index in [1.165, 1.54) is 0 Å². The van der Waals surface area contributed by atoms with E-state index < -0.39 is 6.17 Å². The predicted octanol–water partition coefficient (Wildman–Crippen LogP) is 3.11. The summed E-state index contributed by atoms with van der Waals surface area (Å²) in [7, 11) is 0. The molecule has 2 aromatic heterocycles. The van der Waals surface area contributed by atoms with E-state index in [9.17, 15) is 9.18 Å². The van der Waals surface area contributed by atoms with Crippen LogP contribution in [0.4, 0.5) is 4.39 Å². The number of hydrogen-bond acceptors (Lipinski definition) is 3. The molecule has 1 aliphatic heterocycles. The maximum Gasteiger partial charge on any atom is 0.261 e. The lowest BCUT2D eigenvalue weighted by Crippen LogP contribution is -2.24. The number of rotatable bonds is 0. The molecule has 4 nitrogen and oxygen atoms in total. The zero-order valence-electron chi connectivity index (χ0n) is 14.4. The van der Waals surface area contributed by atoms with Crippen LogP contribution in [0.15, 0.2) is 47.4 Å². The number of aromatic nitrogens is 3. The first-order valence-corrected chi connectivity index (χ1v) is 8.72. The first kappa shape index (κ1) is 16.5. The van der Waals surface area contributed by atoms with Gasteiger partial charge in [-0.1, -0.05) is 18.9 Å². The third kappa shape index (κ3) is 3.11. The van der Waals surface area contributed by atoms with E-state index in [4.69, 9.17) is 0 Å².